The molecule has 0 aliphatic carbocycles. The van der Waals surface area contributed by atoms with Crippen LogP contribution in [0.1, 0.15) is 17.9 Å². The second kappa shape index (κ2) is 5.27. The maximum absolute atomic E-state index is 5.73. The van der Waals surface area contributed by atoms with E-state index < -0.39 is 0 Å². The van der Waals surface area contributed by atoms with Gasteiger partial charge in [0.05, 0.1) is 11.1 Å². The Labute approximate surface area is 99.5 Å². The molecule has 3 nitrogen and oxygen atoms in total. The van der Waals surface area contributed by atoms with Gasteiger partial charge in [-0.3, -0.25) is 0 Å². The molecule has 2 heterocycles. The van der Waals surface area contributed by atoms with Gasteiger partial charge in [0.2, 0.25) is 0 Å². The van der Waals surface area contributed by atoms with Crippen molar-refractivity contribution < 1.29 is 4.42 Å². The van der Waals surface area contributed by atoms with Crippen LogP contribution in [0.2, 0.25) is 0 Å². The Balaban J connectivity index is 2.05. The van der Waals surface area contributed by atoms with Crippen LogP contribution < -0.4 is 5.32 Å². The summed E-state index contributed by atoms with van der Waals surface area (Å²) in [4.78, 5) is 5.48. The summed E-state index contributed by atoms with van der Waals surface area (Å²) in [5.41, 5.74) is 1.25. The van der Waals surface area contributed by atoms with E-state index in [4.69, 9.17) is 4.42 Å². The van der Waals surface area contributed by atoms with Gasteiger partial charge in [0.15, 0.2) is 11.7 Å². The van der Waals surface area contributed by atoms with E-state index in [1.807, 2.05) is 13.2 Å². The van der Waals surface area contributed by atoms with Crippen molar-refractivity contribution in [3.63, 3.8) is 0 Å². The van der Waals surface area contributed by atoms with Crippen molar-refractivity contribution in [3.05, 3.63) is 29.1 Å². The van der Waals surface area contributed by atoms with Gasteiger partial charge in [0.1, 0.15) is 0 Å². The smallest absolute Gasteiger partial charge is 0.194 e. The van der Waals surface area contributed by atoms with Gasteiger partial charge in [-0.1, -0.05) is 0 Å². The molecule has 0 saturated heterocycles. The van der Waals surface area contributed by atoms with Gasteiger partial charge in [0.25, 0.3) is 0 Å². The lowest BCUT2D eigenvalue weighted by atomic mass is 10.2. The largest absolute Gasteiger partial charge is 0.440 e. The average Bonchev–Trinajstić information content (AvgIpc) is 2.87. The monoisotopic (exact) mass is 236 g/mol. The van der Waals surface area contributed by atoms with E-state index in [0.717, 1.165) is 31.0 Å². The van der Waals surface area contributed by atoms with Crippen LogP contribution in [0.5, 0.6) is 0 Å². The van der Waals surface area contributed by atoms with Crippen molar-refractivity contribution in [2.45, 2.75) is 19.8 Å². The number of rotatable bonds is 5. The summed E-state index contributed by atoms with van der Waals surface area (Å²) in [5, 5.41) is 5.19. The first-order chi connectivity index (χ1) is 7.81. The van der Waals surface area contributed by atoms with Crippen LogP contribution in [0, 0.1) is 6.92 Å². The number of hydrogen-bond donors (Lipinski definition) is 1. The van der Waals surface area contributed by atoms with Crippen molar-refractivity contribution >= 4 is 11.3 Å². The van der Waals surface area contributed by atoms with Crippen molar-refractivity contribution in [1.82, 2.24) is 10.3 Å². The Morgan fingerprint density at radius 1 is 1.50 bits per heavy atom. The van der Waals surface area contributed by atoms with E-state index in [9.17, 15) is 0 Å². The molecule has 0 aromatic carbocycles. The molecule has 0 bridgehead atoms. The molecule has 0 aliphatic rings. The molecule has 2 rings (SSSR count). The van der Waals surface area contributed by atoms with Gasteiger partial charge >= 0.3 is 0 Å². The minimum atomic E-state index is 0.832. The van der Waals surface area contributed by atoms with E-state index in [1.54, 1.807) is 11.3 Å². The van der Waals surface area contributed by atoms with E-state index >= 15 is 0 Å². The highest BCUT2D eigenvalue weighted by Gasteiger charge is 2.09. The van der Waals surface area contributed by atoms with Crippen molar-refractivity contribution in [2.75, 3.05) is 13.6 Å². The zero-order valence-electron chi connectivity index (χ0n) is 9.62. The maximum atomic E-state index is 5.73. The Morgan fingerprint density at radius 2 is 2.38 bits per heavy atom. The minimum Gasteiger partial charge on any atom is -0.440 e. The summed E-state index contributed by atoms with van der Waals surface area (Å²) in [6.07, 6.45) is 3.78. The van der Waals surface area contributed by atoms with E-state index in [-0.39, 0.29) is 0 Å². The van der Waals surface area contributed by atoms with Crippen LogP contribution in [0.25, 0.3) is 10.6 Å². The predicted molar refractivity (Wildman–Crippen MR) is 66.8 cm³/mol. The molecule has 0 spiro atoms. The molecule has 2 aromatic heterocycles. The van der Waals surface area contributed by atoms with Crippen molar-refractivity contribution in [1.29, 1.82) is 0 Å². The van der Waals surface area contributed by atoms with Gasteiger partial charge in [-0.25, -0.2) is 4.98 Å². The fourth-order valence-corrected chi connectivity index (χ4v) is 2.45. The molecule has 1 N–H and O–H groups in total. The highest BCUT2D eigenvalue weighted by molar-refractivity contribution is 7.13. The normalized spacial score (nSPS) is 10.9. The minimum absolute atomic E-state index is 0.832. The third-order valence-electron chi connectivity index (χ3n) is 2.46. The predicted octanol–water partition coefficient (Wildman–Crippen LogP) is 2.86. The molecule has 0 fully saturated rings. The molecule has 0 atom stereocenters. The van der Waals surface area contributed by atoms with Crippen molar-refractivity contribution in [2.24, 2.45) is 0 Å². The molecule has 4 heteroatoms. The second-order valence-electron chi connectivity index (χ2n) is 3.76. The van der Waals surface area contributed by atoms with Crippen molar-refractivity contribution in [3.8, 4) is 10.6 Å². The van der Waals surface area contributed by atoms with E-state index in [1.165, 1.54) is 10.4 Å². The number of aryl methyl sites for hydroxylation is 2. The Hall–Kier alpha value is -1.13. The Morgan fingerprint density at radius 3 is 3.06 bits per heavy atom. The molecule has 0 aliphatic heterocycles. The zero-order chi connectivity index (χ0) is 11.4. The van der Waals surface area contributed by atoms with Crippen LogP contribution >= 0.6 is 11.3 Å². The first kappa shape index (κ1) is 11.4. The lowest BCUT2D eigenvalue weighted by Gasteiger charge is -1.96. The number of oxazole rings is 1. The summed E-state index contributed by atoms with van der Waals surface area (Å²) in [5.74, 6) is 1.73. The van der Waals surface area contributed by atoms with Gasteiger partial charge in [-0.2, -0.15) is 0 Å². The number of nitrogens with one attached hydrogen (secondary N) is 1. The quantitative estimate of drug-likeness (QED) is 0.811. The topological polar surface area (TPSA) is 38.1 Å². The first-order valence-electron chi connectivity index (χ1n) is 5.45. The van der Waals surface area contributed by atoms with Gasteiger partial charge in [-0.15, -0.1) is 11.3 Å². The van der Waals surface area contributed by atoms with Crippen LogP contribution in [0.15, 0.2) is 22.1 Å². The average molecular weight is 236 g/mol. The highest BCUT2D eigenvalue weighted by atomic mass is 32.1. The standard InChI is InChI=1S/C12H16N2OS/c1-9-5-7-16-12(9)10-8-14-11(15-10)4-3-6-13-2/h5,7-8,13H,3-4,6H2,1-2H3. The Bertz CT molecular complexity index is 447. The van der Waals surface area contributed by atoms with Gasteiger partial charge < -0.3 is 9.73 Å². The number of thiophene rings is 1. The third kappa shape index (κ3) is 2.51. The number of hydrogen-bond acceptors (Lipinski definition) is 4. The lowest BCUT2D eigenvalue weighted by molar-refractivity contribution is 0.496. The molecule has 2 aromatic rings. The summed E-state index contributed by atoms with van der Waals surface area (Å²) in [6.45, 7) is 3.09. The summed E-state index contributed by atoms with van der Waals surface area (Å²) in [7, 11) is 1.95. The molecule has 16 heavy (non-hydrogen) atoms. The van der Waals surface area contributed by atoms with Crippen LogP contribution in [0.3, 0.4) is 0 Å². The van der Waals surface area contributed by atoms with E-state index in [0.29, 0.717) is 0 Å². The SMILES string of the molecule is CNCCCc1ncc(-c2sccc2C)o1. The highest BCUT2D eigenvalue weighted by Crippen LogP contribution is 2.29. The number of nitrogens with zero attached hydrogens (tertiary/aromatic N) is 1. The lowest BCUT2D eigenvalue weighted by Crippen LogP contribution is -2.08. The van der Waals surface area contributed by atoms with Crippen LogP contribution in [-0.4, -0.2) is 18.6 Å². The summed E-state index contributed by atoms with van der Waals surface area (Å²) < 4.78 is 5.73. The molecular weight excluding hydrogens is 220 g/mol. The molecule has 0 amide bonds. The maximum Gasteiger partial charge on any atom is 0.194 e. The molecule has 0 saturated carbocycles. The fourth-order valence-electron chi connectivity index (χ4n) is 1.57. The van der Waals surface area contributed by atoms with Crippen LogP contribution in [-0.2, 0) is 6.42 Å². The summed E-state index contributed by atoms with van der Waals surface area (Å²) >= 11 is 1.70. The van der Waals surface area contributed by atoms with E-state index in [2.05, 4.69) is 28.7 Å². The fraction of sp³-hybridized carbons (Fsp3) is 0.417. The second-order valence-corrected chi connectivity index (χ2v) is 4.67. The zero-order valence-corrected chi connectivity index (χ0v) is 10.4. The molecule has 86 valence electrons. The molecule has 0 radical (unpaired) electrons. The molecule has 0 unspecified atom stereocenters. The van der Waals surface area contributed by atoms with Gasteiger partial charge in [0, 0.05) is 6.42 Å². The first-order valence-corrected chi connectivity index (χ1v) is 6.33. The third-order valence-corrected chi connectivity index (χ3v) is 3.49. The Kier molecular flexibility index (Phi) is 3.74. The summed E-state index contributed by atoms with van der Waals surface area (Å²) in [6, 6.07) is 2.10. The molecular formula is C12H16N2OS. The van der Waals surface area contributed by atoms with Crippen LogP contribution in [0.4, 0.5) is 0 Å². The van der Waals surface area contributed by atoms with Gasteiger partial charge in [-0.05, 0) is 43.9 Å². The number of aromatic nitrogens is 1.